The molecular formula is C17H21NO2S. The molecule has 0 spiro atoms. The summed E-state index contributed by atoms with van der Waals surface area (Å²) in [4.78, 5) is 12.9. The monoisotopic (exact) mass is 303 g/mol. The number of nitrogens with one attached hydrogen (secondary N) is 1. The minimum absolute atomic E-state index is 0.0398. The highest BCUT2D eigenvalue weighted by Crippen LogP contribution is 2.23. The van der Waals surface area contributed by atoms with Crippen molar-refractivity contribution in [2.45, 2.75) is 18.2 Å². The second kappa shape index (κ2) is 8.05. The van der Waals surface area contributed by atoms with Gasteiger partial charge in [-0.3, -0.25) is 4.79 Å². The molecule has 0 aromatic heterocycles. The molecule has 21 heavy (non-hydrogen) atoms. The van der Waals surface area contributed by atoms with E-state index in [9.17, 15) is 4.79 Å². The molecule has 1 atom stereocenters. The quantitative estimate of drug-likeness (QED) is 0.773. The zero-order valence-corrected chi connectivity index (χ0v) is 13.0. The van der Waals surface area contributed by atoms with Crippen LogP contribution < -0.4 is 5.32 Å². The third-order valence-corrected chi connectivity index (χ3v) is 4.35. The van der Waals surface area contributed by atoms with Gasteiger partial charge in [0, 0.05) is 18.0 Å². The Morgan fingerprint density at radius 1 is 1.24 bits per heavy atom. The molecule has 2 aromatic carbocycles. The van der Waals surface area contributed by atoms with E-state index in [1.54, 1.807) is 11.8 Å². The third-order valence-electron chi connectivity index (χ3n) is 3.36. The van der Waals surface area contributed by atoms with Crippen molar-refractivity contribution in [3.63, 3.8) is 0 Å². The van der Waals surface area contributed by atoms with Gasteiger partial charge < -0.3 is 10.4 Å². The van der Waals surface area contributed by atoms with E-state index in [-0.39, 0.29) is 12.5 Å². The summed E-state index contributed by atoms with van der Waals surface area (Å²) in [7, 11) is 0. The SMILES string of the molecule is CC(CCO)CNC(=O)CSc1ccc2ccccc2c1. The van der Waals surface area contributed by atoms with Crippen molar-refractivity contribution in [3.8, 4) is 0 Å². The van der Waals surface area contributed by atoms with Crippen molar-refractivity contribution in [2.75, 3.05) is 18.9 Å². The highest BCUT2D eigenvalue weighted by atomic mass is 32.2. The van der Waals surface area contributed by atoms with Crippen LogP contribution in [0, 0.1) is 5.92 Å². The molecular weight excluding hydrogens is 282 g/mol. The van der Waals surface area contributed by atoms with Crippen LogP contribution in [0.15, 0.2) is 47.4 Å². The Balaban J connectivity index is 1.82. The van der Waals surface area contributed by atoms with Crippen LogP contribution in [0.1, 0.15) is 13.3 Å². The number of aliphatic hydroxyl groups excluding tert-OH is 1. The Morgan fingerprint density at radius 2 is 2.00 bits per heavy atom. The van der Waals surface area contributed by atoms with Gasteiger partial charge in [0.25, 0.3) is 0 Å². The van der Waals surface area contributed by atoms with E-state index in [2.05, 4.69) is 35.6 Å². The number of amides is 1. The van der Waals surface area contributed by atoms with Crippen molar-refractivity contribution in [1.82, 2.24) is 5.32 Å². The molecule has 2 N–H and O–H groups in total. The second-order valence-corrected chi connectivity index (χ2v) is 6.27. The maximum atomic E-state index is 11.8. The number of fused-ring (bicyclic) bond motifs is 1. The predicted octanol–water partition coefficient (Wildman–Crippen LogP) is 3.07. The summed E-state index contributed by atoms with van der Waals surface area (Å²) in [5, 5.41) is 14.1. The van der Waals surface area contributed by atoms with Crippen LogP contribution >= 0.6 is 11.8 Å². The number of rotatable bonds is 7. The first-order chi connectivity index (χ1) is 10.2. The fourth-order valence-corrected chi connectivity index (χ4v) is 2.84. The second-order valence-electron chi connectivity index (χ2n) is 5.22. The summed E-state index contributed by atoms with van der Waals surface area (Å²) in [5.74, 6) is 0.770. The fourth-order valence-electron chi connectivity index (χ4n) is 2.07. The Labute approximate surface area is 129 Å². The average molecular weight is 303 g/mol. The number of hydrogen-bond donors (Lipinski definition) is 2. The Bertz CT molecular complexity index is 600. The van der Waals surface area contributed by atoms with Crippen molar-refractivity contribution in [1.29, 1.82) is 0 Å². The van der Waals surface area contributed by atoms with Gasteiger partial charge in [-0.15, -0.1) is 11.8 Å². The van der Waals surface area contributed by atoms with Crippen LogP contribution in [-0.2, 0) is 4.79 Å². The van der Waals surface area contributed by atoms with E-state index in [0.29, 0.717) is 18.2 Å². The largest absolute Gasteiger partial charge is 0.396 e. The van der Waals surface area contributed by atoms with Crippen LogP contribution in [0.25, 0.3) is 10.8 Å². The van der Waals surface area contributed by atoms with Gasteiger partial charge in [-0.2, -0.15) is 0 Å². The maximum absolute atomic E-state index is 11.8. The van der Waals surface area contributed by atoms with E-state index in [1.807, 2.05) is 19.1 Å². The smallest absolute Gasteiger partial charge is 0.230 e. The van der Waals surface area contributed by atoms with Gasteiger partial charge in [0.05, 0.1) is 5.75 Å². The summed E-state index contributed by atoms with van der Waals surface area (Å²) in [5.41, 5.74) is 0. The fraction of sp³-hybridized carbons (Fsp3) is 0.353. The number of thioether (sulfide) groups is 1. The highest BCUT2D eigenvalue weighted by Gasteiger charge is 2.06. The Hall–Kier alpha value is -1.52. The third kappa shape index (κ3) is 5.06. The lowest BCUT2D eigenvalue weighted by atomic mass is 10.1. The lowest BCUT2D eigenvalue weighted by molar-refractivity contribution is -0.118. The topological polar surface area (TPSA) is 49.3 Å². The number of benzene rings is 2. The predicted molar refractivity (Wildman–Crippen MR) is 88.5 cm³/mol. The Kier molecular flexibility index (Phi) is 6.08. The summed E-state index contributed by atoms with van der Waals surface area (Å²) < 4.78 is 0. The molecule has 3 nitrogen and oxygen atoms in total. The van der Waals surface area contributed by atoms with E-state index in [1.165, 1.54) is 10.8 Å². The van der Waals surface area contributed by atoms with E-state index >= 15 is 0 Å². The maximum Gasteiger partial charge on any atom is 0.230 e. The van der Waals surface area contributed by atoms with Crippen molar-refractivity contribution in [2.24, 2.45) is 5.92 Å². The highest BCUT2D eigenvalue weighted by molar-refractivity contribution is 8.00. The molecule has 0 saturated carbocycles. The van der Waals surface area contributed by atoms with Gasteiger partial charge in [-0.1, -0.05) is 37.3 Å². The van der Waals surface area contributed by atoms with Crippen LogP contribution in [0.5, 0.6) is 0 Å². The van der Waals surface area contributed by atoms with Crippen molar-refractivity contribution < 1.29 is 9.90 Å². The minimum Gasteiger partial charge on any atom is -0.396 e. The molecule has 0 radical (unpaired) electrons. The molecule has 1 amide bonds. The first-order valence-corrected chi connectivity index (χ1v) is 8.17. The van der Waals surface area contributed by atoms with Crippen molar-refractivity contribution >= 4 is 28.4 Å². The standard InChI is InChI=1S/C17H21NO2S/c1-13(8-9-19)11-18-17(20)12-21-16-7-6-14-4-2-3-5-15(14)10-16/h2-7,10,13,19H,8-9,11-12H2,1H3,(H,18,20). The molecule has 0 aliphatic heterocycles. The van der Waals surface area contributed by atoms with Crippen LogP contribution in [0.2, 0.25) is 0 Å². The van der Waals surface area contributed by atoms with Gasteiger partial charge in [0.1, 0.15) is 0 Å². The number of hydrogen-bond acceptors (Lipinski definition) is 3. The average Bonchev–Trinajstić information content (AvgIpc) is 2.51. The van der Waals surface area contributed by atoms with Crippen LogP contribution in [0.4, 0.5) is 0 Å². The molecule has 4 heteroatoms. The molecule has 0 saturated heterocycles. The summed E-state index contributed by atoms with van der Waals surface area (Å²) in [6.45, 7) is 2.81. The molecule has 0 heterocycles. The number of carbonyl (C=O) groups excluding carboxylic acids is 1. The molecule has 0 aliphatic carbocycles. The lowest BCUT2D eigenvalue weighted by Crippen LogP contribution is -2.29. The number of carbonyl (C=O) groups is 1. The summed E-state index contributed by atoms with van der Waals surface area (Å²) in [6.07, 6.45) is 0.720. The Morgan fingerprint density at radius 3 is 2.76 bits per heavy atom. The first-order valence-electron chi connectivity index (χ1n) is 7.18. The zero-order chi connectivity index (χ0) is 15.1. The molecule has 112 valence electrons. The summed E-state index contributed by atoms with van der Waals surface area (Å²) >= 11 is 1.55. The zero-order valence-electron chi connectivity index (χ0n) is 12.2. The molecule has 2 aromatic rings. The van der Waals surface area contributed by atoms with E-state index in [0.717, 1.165) is 11.3 Å². The molecule has 0 fully saturated rings. The molecule has 0 aliphatic rings. The minimum atomic E-state index is 0.0398. The normalized spacial score (nSPS) is 12.3. The van der Waals surface area contributed by atoms with Gasteiger partial charge >= 0.3 is 0 Å². The van der Waals surface area contributed by atoms with Crippen LogP contribution in [0.3, 0.4) is 0 Å². The molecule has 2 rings (SSSR count). The molecule has 1 unspecified atom stereocenters. The van der Waals surface area contributed by atoms with Crippen LogP contribution in [-0.4, -0.2) is 29.9 Å². The van der Waals surface area contributed by atoms with E-state index < -0.39 is 0 Å². The van der Waals surface area contributed by atoms with E-state index in [4.69, 9.17) is 5.11 Å². The molecule has 0 bridgehead atoms. The lowest BCUT2D eigenvalue weighted by Gasteiger charge is -2.11. The summed E-state index contributed by atoms with van der Waals surface area (Å²) in [6, 6.07) is 14.5. The van der Waals surface area contributed by atoms with Gasteiger partial charge in [-0.25, -0.2) is 0 Å². The van der Waals surface area contributed by atoms with Gasteiger partial charge in [0.15, 0.2) is 0 Å². The van der Waals surface area contributed by atoms with Gasteiger partial charge in [0.2, 0.25) is 5.91 Å². The first kappa shape index (κ1) is 15.9. The van der Waals surface area contributed by atoms with Gasteiger partial charge in [-0.05, 0) is 35.2 Å². The number of aliphatic hydroxyl groups is 1. The van der Waals surface area contributed by atoms with Crippen molar-refractivity contribution in [3.05, 3.63) is 42.5 Å².